The van der Waals surface area contributed by atoms with Crippen molar-refractivity contribution < 1.29 is 14.4 Å². The third kappa shape index (κ3) is 4.81. The summed E-state index contributed by atoms with van der Waals surface area (Å²) in [5, 5.41) is 8.13. The lowest BCUT2D eigenvalue weighted by Gasteiger charge is -2.15. The number of hydrogen-bond acceptors (Lipinski definition) is 3. The van der Waals surface area contributed by atoms with Crippen LogP contribution in [0.3, 0.4) is 0 Å². The SMILES string of the molecule is CC[C@@H](C)NC(=O)C(=O)Nc1ccccc1C(=O)NC1CCCC1. The highest BCUT2D eigenvalue weighted by molar-refractivity contribution is 6.40. The number of carbonyl (C=O) groups is 3. The lowest BCUT2D eigenvalue weighted by atomic mass is 10.1. The van der Waals surface area contributed by atoms with Crippen LogP contribution < -0.4 is 16.0 Å². The number of carbonyl (C=O) groups excluding carboxylic acids is 3. The molecule has 0 aromatic heterocycles. The van der Waals surface area contributed by atoms with Crippen molar-refractivity contribution in [2.45, 2.75) is 58.0 Å². The summed E-state index contributed by atoms with van der Waals surface area (Å²) in [4.78, 5) is 36.3. The lowest BCUT2D eigenvalue weighted by Crippen LogP contribution is -2.40. The van der Waals surface area contributed by atoms with Crippen molar-refractivity contribution in [1.29, 1.82) is 0 Å². The van der Waals surface area contributed by atoms with Crippen LogP contribution in [0.25, 0.3) is 0 Å². The second-order valence-corrected chi connectivity index (χ2v) is 6.24. The van der Waals surface area contributed by atoms with Gasteiger partial charge in [0.05, 0.1) is 11.3 Å². The van der Waals surface area contributed by atoms with Gasteiger partial charge in [-0.05, 0) is 38.3 Å². The summed E-state index contributed by atoms with van der Waals surface area (Å²) in [7, 11) is 0. The van der Waals surface area contributed by atoms with Crippen LogP contribution in [0.15, 0.2) is 24.3 Å². The van der Waals surface area contributed by atoms with Crippen LogP contribution in [0.1, 0.15) is 56.3 Å². The maximum absolute atomic E-state index is 12.4. The Balaban J connectivity index is 2.03. The first-order valence-electron chi connectivity index (χ1n) is 8.53. The largest absolute Gasteiger partial charge is 0.349 e. The third-order valence-electron chi connectivity index (χ3n) is 4.31. The Kier molecular flexibility index (Phi) is 6.35. The van der Waals surface area contributed by atoms with Gasteiger partial charge < -0.3 is 16.0 Å². The maximum Gasteiger partial charge on any atom is 0.313 e. The van der Waals surface area contributed by atoms with Crippen molar-refractivity contribution in [1.82, 2.24) is 10.6 Å². The van der Waals surface area contributed by atoms with E-state index in [2.05, 4.69) is 16.0 Å². The molecule has 0 spiro atoms. The lowest BCUT2D eigenvalue weighted by molar-refractivity contribution is -0.136. The van der Waals surface area contributed by atoms with Crippen molar-refractivity contribution >= 4 is 23.4 Å². The number of para-hydroxylation sites is 1. The standard InChI is InChI=1S/C18H25N3O3/c1-3-12(2)19-17(23)18(24)21-15-11-7-6-10-14(15)16(22)20-13-8-4-5-9-13/h6-7,10-13H,3-5,8-9H2,1-2H3,(H,19,23)(H,20,22)(H,21,24)/t12-/m1/s1. The minimum Gasteiger partial charge on any atom is -0.349 e. The molecule has 0 heterocycles. The van der Waals surface area contributed by atoms with Crippen molar-refractivity contribution in [3.05, 3.63) is 29.8 Å². The number of rotatable bonds is 5. The molecule has 0 bridgehead atoms. The molecular weight excluding hydrogens is 306 g/mol. The monoisotopic (exact) mass is 331 g/mol. The molecule has 2 rings (SSSR count). The molecule has 0 saturated heterocycles. The fourth-order valence-electron chi connectivity index (χ4n) is 2.69. The van der Waals surface area contributed by atoms with E-state index in [0.29, 0.717) is 11.3 Å². The van der Waals surface area contributed by atoms with Gasteiger partial charge in [0.15, 0.2) is 0 Å². The molecule has 130 valence electrons. The zero-order valence-corrected chi connectivity index (χ0v) is 14.2. The molecule has 1 aromatic carbocycles. The fraction of sp³-hybridized carbons (Fsp3) is 0.500. The van der Waals surface area contributed by atoms with Gasteiger partial charge in [-0.2, -0.15) is 0 Å². The van der Waals surface area contributed by atoms with Crippen molar-refractivity contribution in [2.24, 2.45) is 0 Å². The quantitative estimate of drug-likeness (QED) is 0.723. The first kappa shape index (κ1) is 18.0. The zero-order chi connectivity index (χ0) is 17.5. The number of benzene rings is 1. The Morgan fingerprint density at radius 2 is 1.79 bits per heavy atom. The van der Waals surface area contributed by atoms with E-state index in [9.17, 15) is 14.4 Å². The molecule has 1 aliphatic rings. The summed E-state index contributed by atoms with van der Waals surface area (Å²) < 4.78 is 0. The third-order valence-corrected chi connectivity index (χ3v) is 4.31. The molecule has 1 saturated carbocycles. The van der Waals surface area contributed by atoms with E-state index in [1.807, 2.05) is 13.8 Å². The summed E-state index contributed by atoms with van der Waals surface area (Å²) in [5.74, 6) is -1.69. The average molecular weight is 331 g/mol. The smallest absolute Gasteiger partial charge is 0.313 e. The van der Waals surface area contributed by atoms with E-state index >= 15 is 0 Å². The zero-order valence-electron chi connectivity index (χ0n) is 14.2. The molecule has 1 aliphatic carbocycles. The van der Waals surface area contributed by atoms with Crippen molar-refractivity contribution in [2.75, 3.05) is 5.32 Å². The second-order valence-electron chi connectivity index (χ2n) is 6.24. The van der Waals surface area contributed by atoms with Crippen LogP contribution in [0.4, 0.5) is 5.69 Å². The van der Waals surface area contributed by atoms with Gasteiger partial charge in [-0.3, -0.25) is 14.4 Å². The van der Waals surface area contributed by atoms with Crippen molar-refractivity contribution in [3.63, 3.8) is 0 Å². The van der Waals surface area contributed by atoms with Crippen LogP contribution in [0.5, 0.6) is 0 Å². The van der Waals surface area contributed by atoms with Crippen LogP contribution in [0, 0.1) is 0 Å². The van der Waals surface area contributed by atoms with Gasteiger partial charge in [-0.1, -0.05) is 31.9 Å². The summed E-state index contributed by atoms with van der Waals surface area (Å²) in [5.41, 5.74) is 0.714. The van der Waals surface area contributed by atoms with Gasteiger partial charge >= 0.3 is 11.8 Å². The normalized spacial score (nSPS) is 15.6. The average Bonchev–Trinajstić information content (AvgIpc) is 3.07. The summed E-state index contributed by atoms with van der Waals surface area (Å²) in [6.07, 6.45) is 4.95. The first-order valence-corrected chi connectivity index (χ1v) is 8.53. The van der Waals surface area contributed by atoms with Gasteiger partial charge in [0.25, 0.3) is 5.91 Å². The van der Waals surface area contributed by atoms with E-state index in [4.69, 9.17) is 0 Å². The first-order chi connectivity index (χ1) is 11.5. The van der Waals surface area contributed by atoms with E-state index in [1.54, 1.807) is 24.3 Å². The van der Waals surface area contributed by atoms with Gasteiger partial charge in [0.2, 0.25) is 0 Å². The predicted molar refractivity (Wildman–Crippen MR) is 92.7 cm³/mol. The molecule has 1 atom stereocenters. The highest BCUT2D eigenvalue weighted by Gasteiger charge is 2.21. The minimum atomic E-state index is -0.767. The molecule has 6 heteroatoms. The second kappa shape index (κ2) is 8.47. The Morgan fingerprint density at radius 3 is 2.46 bits per heavy atom. The van der Waals surface area contributed by atoms with Gasteiger partial charge in [0.1, 0.15) is 0 Å². The highest BCUT2D eigenvalue weighted by Crippen LogP contribution is 2.20. The van der Waals surface area contributed by atoms with E-state index < -0.39 is 11.8 Å². The topological polar surface area (TPSA) is 87.3 Å². The predicted octanol–water partition coefficient (Wildman–Crippen LogP) is 2.21. The van der Waals surface area contributed by atoms with E-state index in [-0.39, 0.29) is 18.0 Å². The molecule has 6 nitrogen and oxygen atoms in total. The Morgan fingerprint density at radius 1 is 1.12 bits per heavy atom. The summed E-state index contributed by atoms with van der Waals surface area (Å²) >= 11 is 0. The highest BCUT2D eigenvalue weighted by atomic mass is 16.2. The minimum absolute atomic E-state index is 0.0795. The molecule has 0 aliphatic heterocycles. The molecule has 3 N–H and O–H groups in total. The van der Waals surface area contributed by atoms with Crippen LogP contribution in [-0.4, -0.2) is 29.8 Å². The van der Waals surface area contributed by atoms with E-state index in [0.717, 1.165) is 32.1 Å². The fourth-order valence-corrected chi connectivity index (χ4v) is 2.69. The number of hydrogen-bond donors (Lipinski definition) is 3. The number of anilines is 1. The van der Waals surface area contributed by atoms with E-state index in [1.165, 1.54) is 0 Å². The maximum atomic E-state index is 12.4. The molecular formula is C18H25N3O3. The van der Waals surface area contributed by atoms with Crippen LogP contribution in [0.2, 0.25) is 0 Å². The number of amides is 3. The Bertz CT molecular complexity index is 609. The van der Waals surface area contributed by atoms with Gasteiger partial charge in [-0.25, -0.2) is 0 Å². The van der Waals surface area contributed by atoms with Crippen molar-refractivity contribution in [3.8, 4) is 0 Å². The van der Waals surface area contributed by atoms with Crippen LogP contribution in [-0.2, 0) is 9.59 Å². The molecule has 24 heavy (non-hydrogen) atoms. The van der Waals surface area contributed by atoms with Gasteiger partial charge in [-0.15, -0.1) is 0 Å². The summed E-state index contributed by atoms with van der Waals surface area (Å²) in [6.45, 7) is 3.75. The van der Waals surface area contributed by atoms with Crippen LogP contribution >= 0.6 is 0 Å². The molecule has 0 radical (unpaired) electrons. The van der Waals surface area contributed by atoms with Gasteiger partial charge in [0, 0.05) is 12.1 Å². The molecule has 3 amide bonds. The molecule has 0 unspecified atom stereocenters. The Hall–Kier alpha value is -2.37. The Labute approximate surface area is 142 Å². The summed E-state index contributed by atoms with van der Waals surface area (Å²) in [6, 6.07) is 6.83. The molecule has 1 aromatic rings. The number of nitrogens with one attached hydrogen (secondary N) is 3. The molecule has 1 fully saturated rings.